The Morgan fingerprint density at radius 2 is 1.42 bits per heavy atom. The summed E-state index contributed by atoms with van der Waals surface area (Å²) in [6.45, 7) is 3.81. The van der Waals surface area contributed by atoms with E-state index in [4.69, 9.17) is 11.5 Å². The molecule has 9 N–H and O–H groups in total. The number of rotatable bonds is 16. The quantitative estimate of drug-likeness (QED) is 0.129. The second-order valence-corrected chi connectivity index (χ2v) is 11.0. The molecule has 0 spiro atoms. The molecular weight excluding hydrogens is 552 g/mol. The maximum absolute atomic E-state index is 13.6. The molecule has 0 saturated heterocycles. The molecule has 0 aliphatic heterocycles. The van der Waals surface area contributed by atoms with E-state index >= 15 is 0 Å². The number of hydrogen-bond acceptors (Lipinski definition) is 6. The minimum atomic E-state index is -1.27. The van der Waals surface area contributed by atoms with Crippen LogP contribution >= 0.6 is 0 Å². The van der Waals surface area contributed by atoms with Gasteiger partial charge >= 0.3 is 5.97 Å². The fourth-order valence-electron chi connectivity index (χ4n) is 4.77. The van der Waals surface area contributed by atoms with E-state index in [1.54, 1.807) is 36.5 Å². The lowest BCUT2D eigenvalue weighted by atomic mass is 10.0. The van der Waals surface area contributed by atoms with E-state index in [2.05, 4.69) is 20.9 Å². The molecule has 4 atom stereocenters. The van der Waals surface area contributed by atoms with E-state index in [0.717, 1.165) is 10.9 Å². The van der Waals surface area contributed by atoms with Crippen LogP contribution in [0.2, 0.25) is 0 Å². The van der Waals surface area contributed by atoms with Crippen molar-refractivity contribution in [3.05, 3.63) is 71.9 Å². The standard InChI is InChI=1S/C31H40N6O6/c1-18(2)14-22(32)28(39)35-24(12-13-27(33)38)29(40)36-25(16-20-17-34-23-11-7-6-10-21(20)23)30(41)37-26(31(42)43)15-19-8-4-3-5-9-19/h3-11,17-18,22,24-26,34H,12-16,32H2,1-2H3,(H2,33,38)(H,35,39)(H,36,40)(H,37,41)(H,42,43). The summed E-state index contributed by atoms with van der Waals surface area (Å²) in [6, 6.07) is 11.7. The fourth-order valence-corrected chi connectivity index (χ4v) is 4.77. The van der Waals surface area contributed by atoms with Crippen LogP contribution in [0.1, 0.15) is 44.2 Å². The summed E-state index contributed by atoms with van der Waals surface area (Å²) in [5.74, 6) is -3.82. The molecule has 0 fully saturated rings. The molecule has 230 valence electrons. The van der Waals surface area contributed by atoms with E-state index in [-0.39, 0.29) is 31.6 Å². The summed E-state index contributed by atoms with van der Waals surface area (Å²) < 4.78 is 0. The molecule has 3 aromatic rings. The molecule has 0 aliphatic carbocycles. The van der Waals surface area contributed by atoms with Gasteiger partial charge in [0.05, 0.1) is 6.04 Å². The van der Waals surface area contributed by atoms with Gasteiger partial charge in [0.1, 0.15) is 18.1 Å². The van der Waals surface area contributed by atoms with Crippen LogP contribution in [0.4, 0.5) is 0 Å². The molecule has 4 amide bonds. The predicted molar refractivity (Wildman–Crippen MR) is 161 cm³/mol. The SMILES string of the molecule is CC(C)CC(N)C(=O)NC(CCC(N)=O)C(=O)NC(Cc1c[nH]c2ccccc12)C(=O)NC(Cc1ccccc1)C(=O)O. The first kappa shape index (κ1) is 32.8. The Kier molecular flexibility index (Phi) is 11.8. The highest BCUT2D eigenvalue weighted by Gasteiger charge is 2.31. The van der Waals surface area contributed by atoms with Crippen LogP contribution < -0.4 is 27.4 Å². The normalized spacial score (nSPS) is 14.0. The van der Waals surface area contributed by atoms with Crippen molar-refractivity contribution >= 4 is 40.5 Å². The second kappa shape index (κ2) is 15.5. The number of nitrogens with one attached hydrogen (secondary N) is 4. The van der Waals surface area contributed by atoms with Crippen molar-refractivity contribution in [2.45, 2.75) is 70.1 Å². The van der Waals surface area contributed by atoms with Crippen LogP contribution in [0.15, 0.2) is 60.8 Å². The third-order valence-electron chi connectivity index (χ3n) is 7.00. The Morgan fingerprint density at radius 1 is 0.814 bits per heavy atom. The zero-order chi connectivity index (χ0) is 31.5. The highest BCUT2D eigenvalue weighted by Crippen LogP contribution is 2.19. The number of carbonyl (C=O) groups is 5. The van der Waals surface area contributed by atoms with Gasteiger partial charge in [0, 0.05) is 36.4 Å². The van der Waals surface area contributed by atoms with Crippen LogP contribution in [0.3, 0.4) is 0 Å². The van der Waals surface area contributed by atoms with Gasteiger partial charge in [-0.25, -0.2) is 4.79 Å². The van der Waals surface area contributed by atoms with Crippen LogP contribution in [-0.4, -0.2) is 63.9 Å². The van der Waals surface area contributed by atoms with Crippen molar-refractivity contribution < 1.29 is 29.1 Å². The van der Waals surface area contributed by atoms with Gasteiger partial charge in [0.15, 0.2) is 0 Å². The van der Waals surface area contributed by atoms with Gasteiger partial charge in [-0.05, 0) is 36.0 Å². The number of H-pyrrole nitrogens is 1. The molecule has 0 aliphatic rings. The molecule has 1 heterocycles. The van der Waals surface area contributed by atoms with E-state index in [1.165, 1.54) is 0 Å². The largest absolute Gasteiger partial charge is 0.480 e. The van der Waals surface area contributed by atoms with E-state index in [9.17, 15) is 29.1 Å². The number of aromatic nitrogens is 1. The number of hydrogen-bond donors (Lipinski definition) is 7. The lowest BCUT2D eigenvalue weighted by Crippen LogP contribution is -2.58. The monoisotopic (exact) mass is 592 g/mol. The number of aromatic amines is 1. The Hall–Kier alpha value is -4.71. The molecule has 3 rings (SSSR count). The Balaban J connectivity index is 1.86. The Morgan fingerprint density at radius 3 is 2.07 bits per heavy atom. The Bertz CT molecular complexity index is 1420. The number of carbonyl (C=O) groups excluding carboxylic acids is 4. The molecular formula is C31H40N6O6. The summed E-state index contributed by atoms with van der Waals surface area (Å²) >= 11 is 0. The van der Waals surface area contributed by atoms with Crippen molar-refractivity contribution in [1.82, 2.24) is 20.9 Å². The third kappa shape index (κ3) is 9.96. The molecule has 0 saturated carbocycles. The van der Waals surface area contributed by atoms with Crippen LogP contribution in [0.25, 0.3) is 10.9 Å². The molecule has 1 aromatic heterocycles. The lowest BCUT2D eigenvalue weighted by molar-refractivity contribution is -0.142. The van der Waals surface area contributed by atoms with Gasteiger partial charge < -0.3 is 37.5 Å². The number of aliphatic carboxylic acids is 1. The summed E-state index contributed by atoms with van der Waals surface area (Å²) in [4.78, 5) is 66.6. The molecule has 4 unspecified atom stereocenters. The average molecular weight is 593 g/mol. The van der Waals surface area contributed by atoms with Crippen molar-refractivity contribution in [3.8, 4) is 0 Å². The van der Waals surface area contributed by atoms with E-state index < -0.39 is 53.8 Å². The number of para-hydroxylation sites is 1. The van der Waals surface area contributed by atoms with Gasteiger partial charge in [-0.1, -0.05) is 62.4 Å². The highest BCUT2D eigenvalue weighted by atomic mass is 16.4. The number of carboxylic acids is 1. The lowest BCUT2D eigenvalue weighted by Gasteiger charge is -2.25. The van der Waals surface area contributed by atoms with Gasteiger partial charge in [-0.15, -0.1) is 0 Å². The zero-order valence-corrected chi connectivity index (χ0v) is 24.3. The summed E-state index contributed by atoms with van der Waals surface area (Å²) in [6.07, 6.45) is 1.82. The first-order valence-corrected chi connectivity index (χ1v) is 14.2. The average Bonchev–Trinajstić information content (AvgIpc) is 3.37. The maximum atomic E-state index is 13.6. The van der Waals surface area contributed by atoms with Crippen molar-refractivity contribution in [2.24, 2.45) is 17.4 Å². The van der Waals surface area contributed by atoms with Crippen LogP contribution in [-0.2, 0) is 36.8 Å². The van der Waals surface area contributed by atoms with Gasteiger partial charge in [-0.3, -0.25) is 19.2 Å². The van der Waals surface area contributed by atoms with Gasteiger partial charge in [0.2, 0.25) is 23.6 Å². The number of amides is 4. The van der Waals surface area contributed by atoms with Crippen LogP contribution in [0.5, 0.6) is 0 Å². The number of carboxylic acid groups (broad SMARTS) is 1. The van der Waals surface area contributed by atoms with Crippen molar-refractivity contribution in [1.29, 1.82) is 0 Å². The molecule has 0 bridgehead atoms. The first-order valence-electron chi connectivity index (χ1n) is 14.2. The first-order chi connectivity index (χ1) is 20.4. The van der Waals surface area contributed by atoms with E-state index in [1.807, 2.05) is 38.1 Å². The molecule has 12 nitrogen and oxygen atoms in total. The summed E-state index contributed by atoms with van der Waals surface area (Å²) in [5, 5.41) is 18.5. The topological polar surface area (TPSA) is 209 Å². The minimum absolute atomic E-state index is 0.0165. The molecule has 2 aromatic carbocycles. The third-order valence-corrected chi connectivity index (χ3v) is 7.00. The highest BCUT2D eigenvalue weighted by molar-refractivity contribution is 5.95. The fraction of sp³-hybridized carbons (Fsp3) is 0.387. The van der Waals surface area contributed by atoms with Gasteiger partial charge in [0.25, 0.3) is 0 Å². The summed E-state index contributed by atoms with van der Waals surface area (Å²) in [5.41, 5.74) is 13.5. The minimum Gasteiger partial charge on any atom is -0.480 e. The number of nitrogens with two attached hydrogens (primary N) is 2. The van der Waals surface area contributed by atoms with E-state index in [0.29, 0.717) is 17.5 Å². The molecule has 43 heavy (non-hydrogen) atoms. The number of benzene rings is 2. The predicted octanol–water partition coefficient (Wildman–Crippen LogP) is 1.13. The Labute approximate surface area is 250 Å². The molecule has 0 radical (unpaired) electrons. The van der Waals surface area contributed by atoms with Crippen LogP contribution in [0, 0.1) is 5.92 Å². The number of primary amides is 1. The maximum Gasteiger partial charge on any atom is 0.326 e. The van der Waals surface area contributed by atoms with Crippen molar-refractivity contribution in [3.63, 3.8) is 0 Å². The van der Waals surface area contributed by atoms with Gasteiger partial charge in [-0.2, -0.15) is 0 Å². The zero-order valence-electron chi connectivity index (χ0n) is 24.3. The summed E-state index contributed by atoms with van der Waals surface area (Å²) in [7, 11) is 0. The number of fused-ring (bicyclic) bond motifs is 1. The van der Waals surface area contributed by atoms with Crippen molar-refractivity contribution in [2.75, 3.05) is 0 Å². The smallest absolute Gasteiger partial charge is 0.326 e. The molecule has 12 heteroatoms. The second-order valence-electron chi connectivity index (χ2n) is 11.0.